The second-order valence-corrected chi connectivity index (χ2v) is 12.0. The molecule has 0 bridgehead atoms. The van der Waals surface area contributed by atoms with E-state index in [-0.39, 0.29) is 17.4 Å². The van der Waals surface area contributed by atoms with Gasteiger partial charge < -0.3 is 25.2 Å². The topological polar surface area (TPSA) is 95.1 Å². The standard InChI is InChI=1S/C34H41N7O3/c1-7-33(42)38-26-20-27(30(43-6)21-29(26)40-16-14-39(5)15-17-40)37-31-22-32(36-23-35-31)41-28(12-18-44-41)25-10-8-9-24(19-25)11-13-34(2,3)4/h7-10,19-23,28H,1,12,14-18H2,2-6H3,(H,38,42)(H,35,36,37)/t28-/m1/s1. The van der Waals surface area contributed by atoms with E-state index in [9.17, 15) is 4.79 Å². The van der Waals surface area contributed by atoms with Gasteiger partial charge in [-0.3, -0.25) is 9.63 Å². The van der Waals surface area contributed by atoms with E-state index in [1.807, 2.05) is 35.4 Å². The highest BCUT2D eigenvalue weighted by Gasteiger charge is 2.29. The Balaban J connectivity index is 1.42. The van der Waals surface area contributed by atoms with Crippen LogP contribution in [0.4, 0.5) is 28.7 Å². The van der Waals surface area contributed by atoms with Crippen LogP contribution in [0, 0.1) is 17.3 Å². The van der Waals surface area contributed by atoms with Gasteiger partial charge in [0, 0.05) is 55.7 Å². The van der Waals surface area contributed by atoms with E-state index < -0.39 is 0 Å². The highest BCUT2D eigenvalue weighted by atomic mass is 16.7. The van der Waals surface area contributed by atoms with Crippen LogP contribution in [-0.2, 0) is 9.63 Å². The number of rotatable bonds is 8. The maximum atomic E-state index is 12.4. The fourth-order valence-electron chi connectivity index (χ4n) is 5.18. The highest BCUT2D eigenvalue weighted by Crippen LogP contribution is 2.40. The third-order valence-corrected chi connectivity index (χ3v) is 7.50. The van der Waals surface area contributed by atoms with Crippen molar-refractivity contribution >= 4 is 34.6 Å². The SMILES string of the molecule is C=CC(=O)Nc1cc(Nc2cc(N3OCC[C@@H]3c3cccc(C#CC(C)(C)C)c3)ncn2)c(OC)cc1N1CCN(C)CC1. The molecule has 5 rings (SSSR count). The number of anilines is 5. The largest absolute Gasteiger partial charge is 0.494 e. The molecule has 0 saturated carbocycles. The van der Waals surface area contributed by atoms with Gasteiger partial charge in [0.25, 0.3) is 0 Å². The van der Waals surface area contributed by atoms with Gasteiger partial charge in [-0.2, -0.15) is 0 Å². The normalized spacial score (nSPS) is 17.1. The van der Waals surface area contributed by atoms with Gasteiger partial charge >= 0.3 is 0 Å². The van der Waals surface area contributed by atoms with E-state index in [4.69, 9.17) is 9.57 Å². The summed E-state index contributed by atoms with van der Waals surface area (Å²) in [5.41, 5.74) is 4.21. The van der Waals surface area contributed by atoms with E-state index in [1.165, 1.54) is 12.4 Å². The second kappa shape index (κ2) is 13.4. The first kappa shape index (κ1) is 30.9. The molecule has 2 N–H and O–H groups in total. The molecule has 230 valence electrons. The molecular formula is C34H41N7O3. The number of carbonyl (C=O) groups is 1. The summed E-state index contributed by atoms with van der Waals surface area (Å²) in [4.78, 5) is 32.0. The minimum Gasteiger partial charge on any atom is -0.494 e. The highest BCUT2D eigenvalue weighted by molar-refractivity contribution is 6.02. The molecule has 1 aromatic heterocycles. The Morgan fingerprint density at radius 1 is 1.11 bits per heavy atom. The van der Waals surface area contributed by atoms with Gasteiger partial charge in [-0.15, -0.1) is 0 Å². The van der Waals surface area contributed by atoms with E-state index in [1.54, 1.807) is 7.11 Å². The van der Waals surface area contributed by atoms with Crippen molar-refractivity contribution < 1.29 is 14.4 Å². The molecule has 2 aliphatic heterocycles. The van der Waals surface area contributed by atoms with E-state index in [0.717, 1.165) is 49.4 Å². The molecule has 10 nitrogen and oxygen atoms in total. The molecule has 1 atom stereocenters. The number of hydrogen-bond acceptors (Lipinski definition) is 9. The monoisotopic (exact) mass is 595 g/mol. The summed E-state index contributed by atoms with van der Waals surface area (Å²) in [5, 5.41) is 8.18. The summed E-state index contributed by atoms with van der Waals surface area (Å²) in [7, 11) is 3.74. The molecular weight excluding hydrogens is 554 g/mol. The molecule has 3 heterocycles. The van der Waals surface area contributed by atoms with E-state index >= 15 is 0 Å². The van der Waals surface area contributed by atoms with Crippen molar-refractivity contribution in [3.8, 4) is 17.6 Å². The first-order valence-electron chi connectivity index (χ1n) is 14.9. The predicted molar refractivity (Wildman–Crippen MR) is 175 cm³/mol. The minimum atomic E-state index is -0.286. The summed E-state index contributed by atoms with van der Waals surface area (Å²) in [6, 6.07) is 13.9. The number of hydroxylamine groups is 1. The Bertz CT molecular complexity index is 1570. The summed E-state index contributed by atoms with van der Waals surface area (Å²) >= 11 is 0. The number of hydrogen-bond donors (Lipinski definition) is 2. The lowest BCUT2D eigenvalue weighted by atomic mass is 9.96. The van der Waals surface area contributed by atoms with Gasteiger partial charge in [0.05, 0.1) is 36.8 Å². The van der Waals surface area contributed by atoms with Crippen LogP contribution in [0.5, 0.6) is 5.75 Å². The van der Waals surface area contributed by atoms with Crippen LogP contribution in [0.1, 0.15) is 44.4 Å². The second-order valence-electron chi connectivity index (χ2n) is 12.0. The number of nitrogens with one attached hydrogen (secondary N) is 2. The number of amides is 1. The van der Waals surface area contributed by atoms with Crippen LogP contribution in [0.2, 0.25) is 0 Å². The Morgan fingerprint density at radius 3 is 2.64 bits per heavy atom. The molecule has 0 unspecified atom stereocenters. The van der Waals surface area contributed by atoms with Gasteiger partial charge in [0.1, 0.15) is 17.9 Å². The molecule has 0 spiro atoms. The van der Waals surface area contributed by atoms with Crippen molar-refractivity contribution in [1.82, 2.24) is 14.9 Å². The zero-order valence-corrected chi connectivity index (χ0v) is 26.2. The Labute approximate surface area is 260 Å². The number of ether oxygens (including phenoxy) is 1. The molecule has 10 heteroatoms. The van der Waals surface area contributed by atoms with Crippen LogP contribution in [0.3, 0.4) is 0 Å². The fraction of sp³-hybridized carbons (Fsp3) is 0.382. The first-order valence-corrected chi connectivity index (χ1v) is 14.9. The van der Waals surface area contributed by atoms with Crippen LogP contribution in [0.25, 0.3) is 0 Å². The molecule has 2 fully saturated rings. The lowest BCUT2D eigenvalue weighted by molar-refractivity contribution is -0.111. The van der Waals surface area contributed by atoms with E-state index in [2.05, 4.69) is 88.8 Å². The Hall–Kier alpha value is -4.59. The molecule has 1 amide bonds. The lowest BCUT2D eigenvalue weighted by Crippen LogP contribution is -2.44. The minimum absolute atomic E-state index is 0.0211. The van der Waals surface area contributed by atoms with Crippen LogP contribution >= 0.6 is 0 Å². The van der Waals surface area contributed by atoms with Gasteiger partial charge in [-0.1, -0.05) is 30.6 Å². The number of benzene rings is 2. The van der Waals surface area contributed by atoms with Crippen LogP contribution in [0.15, 0.2) is 61.4 Å². The third kappa shape index (κ3) is 7.48. The molecule has 44 heavy (non-hydrogen) atoms. The molecule has 2 aromatic carbocycles. The number of aromatic nitrogens is 2. The average molecular weight is 596 g/mol. The number of carbonyl (C=O) groups excluding carboxylic acids is 1. The number of likely N-dealkylation sites (N-methyl/N-ethyl adjacent to an activating group) is 1. The number of methoxy groups -OCH3 is 1. The van der Waals surface area contributed by atoms with Crippen molar-refractivity contribution in [3.05, 3.63) is 72.6 Å². The van der Waals surface area contributed by atoms with Gasteiger partial charge in [0.2, 0.25) is 5.91 Å². The summed E-state index contributed by atoms with van der Waals surface area (Å²) < 4.78 is 5.79. The summed E-state index contributed by atoms with van der Waals surface area (Å²) in [6.07, 6.45) is 3.59. The molecule has 3 aromatic rings. The average Bonchev–Trinajstić information content (AvgIpc) is 3.51. The van der Waals surface area contributed by atoms with Gasteiger partial charge in [0.15, 0.2) is 5.82 Å². The smallest absolute Gasteiger partial charge is 0.247 e. The fourth-order valence-corrected chi connectivity index (χ4v) is 5.18. The van der Waals surface area contributed by atoms with Crippen molar-refractivity contribution in [2.24, 2.45) is 5.41 Å². The third-order valence-electron chi connectivity index (χ3n) is 7.50. The van der Waals surface area contributed by atoms with Gasteiger partial charge in [-0.25, -0.2) is 15.0 Å². The predicted octanol–water partition coefficient (Wildman–Crippen LogP) is 5.39. The summed E-state index contributed by atoms with van der Waals surface area (Å²) in [5.74, 6) is 8.14. The first-order chi connectivity index (χ1) is 21.1. The molecule has 2 aliphatic rings. The van der Waals surface area contributed by atoms with Crippen molar-refractivity contribution in [1.29, 1.82) is 0 Å². The molecule has 2 saturated heterocycles. The Morgan fingerprint density at radius 2 is 1.91 bits per heavy atom. The zero-order valence-electron chi connectivity index (χ0n) is 26.2. The van der Waals surface area contributed by atoms with Crippen molar-refractivity contribution in [2.75, 3.05) is 67.5 Å². The Kier molecular flexibility index (Phi) is 9.37. The lowest BCUT2D eigenvalue weighted by Gasteiger charge is -2.35. The van der Waals surface area contributed by atoms with Crippen molar-refractivity contribution in [2.45, 2.75) is 33.2 Å². The maximum absolute atomic E-state index is 12.4. The molecule has 0 radical (unpaired) electrons. The van der Waals surface area contributed by atoms with Crippen LogP contribution in [-0.4, -0.2) is 67.7 Å². The zero-order chi connectivity index (χ0) is 31.3. The molecule has 0 aliphatic carbocycles. The van der Waals surface area contributed by atoms with E-state index in [0.29, 0.717) is 35.4 Å². The number of nitrogens with zero attached hydrogens (tertiary/aromatic N) is 5. The maximum Gasteiger partial charge on any atom is 0.247 e. The quantitative estimate of drug-likeness (QED) is 0.263. The van der Waals surface area contributed by atoms with Gasteiger partial charge in [-0.05, 0) is 57.7 Å². The van der Waals surface area contributed by atoms with Crippen LogP contribution < -0.4 is 25.3 Å². The number of piperazine rings is 1. The summed E-state index contributed by atoms with van der Waals surface area (Å²) in [6.45, 7) is 14.0. The van der Waals surface area contributed by atoms with Crippen molar-refractivity contribution in [3.63, 3.8) is 0 Å².